The van der Waals surface area contributed by atoms with Crippen LogP contribution in [0.15, 0.2) is 54.6 Å². The van der Waals surface area contributed by atoms with Crippen LogP contribution in [0, 0.1) is 13.8 Å². The second kappa shape index (κ2) is 7.78. The largest absolute Gasteiger partial charge is 0.324 e. The van der Waals surface area contributed by atoms with Crippen molar-refractivity contribution in [2.24, 2.45) is 0 Å². The number of likely N-dealkylation sites (tertiary alicyclic amines) is 1. The molecule has 1 spiro atoms. The van der Waals surface area contributed by atoms with Gasteiger partial charge in [-0.25, -0.2) is 0 Å². The third-order valence-corrected chi connectivity index (χ3v) is 5.79. The molecule has 0 aliphatic carbocycles. The lowest BCUT2D eigenvalue weighted by atomic mass is 9.83. The highest BCUT2D eigenvalue weighted by molar-refractivity contribution is 6.07. The van der Waals surface area contributed by atoms with E-state index in [0.717, 1.165) is 28.8 Å². The Morgan fingerprint density at radius 3 is 2.60 bits per heavy atom. The highest BCUT2D eigenvalue weighted by Gasteiger charge is 2.51. The Labute approximate surface area is 176 Å². The number of benzene rings is 2. The van der Waals surface area contributed by atoms with Crippen molar-refractivity contribution in [1.29, 1.82) is 0 Å². The molecule has 0 saturated carbocycles. The summed E-state index contributed by atoms with van der Waals surface area (Å²) in [5, 5.41) is 5.74. The summed E-state index contributed by atoms with van der Waals surface area (Å²) in [6.07, 6.45) is 4.36. The zero-order valence-corrected chi connectivity index (χ0v) is 17.2. The van der Waals surface area contributed by atoms with Crippen LogP contribution >= 0.6 is 0 Å². The zero-order chi connectivity index (χ0) is 21.3. The minimum Gasteiger partial charge on any atom is -0.324 e. The van der Waals surface area contributed by atoms with Crippen LogP contribution < -0.4 is 10.6 Å². The minimum absolute atomic E-state index is 0.153. The molecule has 6 heteroatoms. The predicted octanol–water partition coefficient (Wildman–Crippen LogP) is 3.35. The third-order valence-electron chi connectivity index (χ3n) is 5.79. The molecule has 2 heterocycles. The maximum absolute atomic E-state index is 12.9. The highest BCUT2D eigenvalue weighted by atomic mass is 16.2. The standard InChI is InChI=1S/C24H25N3O3/c1-16-12-17(2)14-19(13-16)25-21(28)8-9-22(29)27-11-5-10-24(27)15-18-6-3-4-7-20(18)26-23(24)30/h3-4,6-9,12-14H,5,10-11,15H2,1-2H3,(H,25,28)(H,26,30)/b9-8+. The second-order valence-electron chi connectivity index (χ2n) is 8.11. The molecule has 4 rings (SSSR count). The molecule has 1 unspecified atom stereocenters. The first-order valence-corrected chi connectivity index (χ1v) is 10.2. The molecule has 1 saturated heterocycles. The molecule has 1 fully saturated rings. The summed E-state index contributed by atoms with van der Waals surface area (Å²) in [6.45, 7) is 4.42. The topological polar surface area (TPSA) is 78.5 Å². The number of hydrogen-bond donors (Lipinski definition) is 2. The maximum Gasteiger partial charge on any atom is 0.250 e. The molecule has 154 valence electrons. The molecule has 6 nitrogen and oxygen atoms in total. The number of nitrogens with zero attached hydrogens (tertiary/aromatic N) is 1. The van der Waals surface area contributed by atoms with Crippen LogP contribution in [0.1, 0.15) is 29.5 Å². The number of nitrogens with one attached hydrogen (secondary N) is 2. The van der Waals surface area contributed by atoms with Gasteiger partial charge in [-0.05, 0) is 61.6 Å². The number of fused-ring (bicyclic) bond motifs is 1. The van der Waals surface area contributed by atoms with Crippen LogP contribution in [-0.2, 0) is 20.8 Å². The van der Waals surface area contributed by atoms with E-state index in [1.54, 1.807) is 4.90 Å². The van der Waals surface area contributed by atoms with Crippen LogP contribution in [0.25, 0.3) is 0 Å². The molecule has 2 aliphatic rings. The molecule has 2 aromatic carbocycles. The maximum atomic E-state index is 12.9. The number of rotatable bonds is 3. The molecule has 0 bridgehead atoms. The number of anilines is 2. The average molecular weight is 403 g/mol. The van der Waals surface area contributed by atoms with Gasteiger partial charge >= 0.3 is 0 Å². The minimum atomic E-state index is -0.889. The number of amides is 3. The van der Waals surface area contributed by atoms with Gasteiger partial charge in [0.05, 0.1) is 0 Å². The Morgan fingerprint density at radius 2 is 1.83 bits per heavy atom. The summed E-state index contributed by atoms with van der Waals surface area (Å²) < 4.78 is 0. The fourth-order valence-electron chi connectivity index (χ4n) is 4.52. The van der Waals surface area contributed by atoms with E-state index >= 15 is 0 Å². The van der Waals surface area contributed by atoms with Crippen LogP contribution in [0.2, 0.25) is 0 Å². The first kappa shape index (κ1) is 19.9. The lowest BCUT2D eigenvalue weighted by Gasteiger charge is -2.40. The summed E-state index contributed by atoms with van der Waals surface area (Å²) in [5.41, 5.74) is 3.72. The quantitative estimate of drug-likeness (QED) is 0.772. The van der Waals surface area contributed by atoms with Gasteiger partial charge in [0.1, 0.15) is 5.54 Å². The molecule has 1 atom stereocenters. The molecule has 0 aromatic heterocycles. The molecule has 2 aromatic rings. The van der Waals surface area contributed by atoms with Gasteiger partial charge in [-0.2, -0.15) is 0 Å². The van der Waals surface area contributed by atoms with Crippen LogP contribution in [-0.4, -0.2) is 34.7 Å². The molecule has 2 N–H and O–H groups in total. The van der Waals surface area contributed by atoms with E-state index in [9.17, 15) is 14.4 Å². The highest BCUT2D eigenvalue weighted by Crippen LogP contribution is 2.39. The fourth-order valence-corrected chi connectivity index (χ4v) is 4.52. The number of hydrogen-bond acceptors (Lipinski definition) is 3. The van der Waals surface area contributed by atoms with Crippen LogP contribution in [0.5, 0.6) is 0 Å². The number of para-hydroxylation sites is 1. The van der Waals surface area contributed by atoms with Gasteiger partial charge in [-0.1, -0.05) is 24.3 Å². The smallest absolute Gasteiger partial charge is 0.250 e. The number of carbonyl (C=O) groups is 3. The fraction of sp³-hybridized carbons (Fsp3) is 0.292. The molecule has 30 heavy (non-hydrogen) atoms. The lowest BCUT2D eigenvalue weighted by molar-refractivity contribution is -0.139. The Bertz CT molecular complexity index is 1040. The van der Waals surface area contributed by atoms with E-state index in [1.165, 1.54) is 12.2 Å². The van der Waals surface area contributed by atoms with Crippen molar-refractivity contribution >= 4 is 29.1 Å². The van der Waals surface area contributed by atoms with Crippen molar-refractivity contribution in [1.82, 2.24) is 4.90 Å². The normalized spacial score (nSPS) is 20.3. The molecular formula is C24H25N3O3. The summed E-state index contributed by atoms with van der Waals surface area (Å²) in [4.78, 5) is 39.8. The van der Waals surface area contributed by atoms with Crippen molar-refractivity contribution in [3.63, 3.8) is 0 Å². The van der Waals surface area contributed by atoms with E-state index in [1.807, 2.05) is 56.3 Å². The van der Waals surface area contributed by atoms with E-state index in [-0.39, 0.29) is 17.7 Å². The summed E-state index contributed by atoms with van der Waals surface area (Å²) >= 11 is 0. The molecule has 0 radical (unpaired) electrons. The third kappa shape index (κ3) is 3.73. The van der Waals surface area contributed by atoms with E-state index in [0.29, 0.717) is 25.1 Å². The Kier molecular flexibility index (Phi) is 5.16. The van der Waals surface area contributed by atoms with Crippen LogP contribution in [0.4, 0.5) is 11.4 Å². The summed E-state index contributed by atoms with van der Waals surface area (Å²) in [7, 11) is 0. The first-order valence-electron chi connectivity index (χ1n) is 10.2. The van der Waals surface area contributed by atoms with E-state index in [2.05, 4.69) is 10.6 Å². The average Bonchev–Trinajstić information content (AvgIpc) is 3.10. The van der Waals surface area contributed by atoms with Gasteiger partial charge in [0.15, 0.2) is 0 Å². The Balaban J connectivity index is 1.49. The Hall–Kier alpha value is -3.41. The molecular weight excluding hydrogens is 378 g/mol. The number of carbonyl (C=O) groups excluding carboxylic acids is 3. The predicted molar refractivity (Wildman–Crippen MR) is 116 cm³/mol. The second-order valence-corrected chi connectivity index (χ2v) is 8.11. The summed E-state index contributed by atoms with van der Waals surface area (Å²) in [5.74, 6) is -0.849. The zero-order valence-electron chi connectivity index (χ0n) is 17.2. The monoisotopic (exact) mass is 403 g/mol. The molecule has 2 aliphatic heterocycles. The van der Waals surface area contributed by atoms with Gasteiger partial charge in [0.2, 0.25) is 11.8 Å². The van der Waals surface area contributed by atoms with Crippen LogP contribution in [0.3, 0.4) is 0 Å². The van der Waals surface area contributed by atoms with Crippen molar-refractivity contribution in [3.05, 3.63) is 71.3 Å². The van der Waals surface area contributed by atoms with Gasteiger partial charge in [-0.3, -0.25) is 14.4 Å². The van der Waals surface area contributed by atoms with Crippen molar-refractivity contribution in [2.75, 3.05) is 17.2 Å². The SMILES string of the molecule is Cc1cc(C)cc(NC(=O)/C=C/C(=O)N2CCCC23Cc2ccccc2NC3=O)c1. The Morgan fingerprint density at radius 1 is 1.10 bits per heavy atom. The van der Waals surface area contributed by atoms with E-state index < -0.39 is 5.54 Å². The number of aryl methyl sites for hydroxylation is 2. The van der Waals surface area contributed by atoms with Crippen molar-refractivity contribution in [2.45, 2.75) is 38.6 Å². The van der Waals surface area contributed by atoms with Crippen molar-refractivity contribution in [3.8, 4) is 0 Å². The van der Waals surface area contributed by atoms with Crippen molar-refractivity contribution < 1.29 is 14.4 Å². The van der Waals surface area contributed by atoms with Gasteiger partial charge in [0.25, 0.3) is 5.91 Å². The van der Waals surface area contributed by atoms with Gasteiger partial charge in [-0.15, -0.1) is 0 Å². The first-order chi connectivity index (χ1) is 14.4. The summed E-state index contributed by atoms with van der Waals surface area (Å²) in [6, 6.07) is 13.4. The lowest BCUT2D eigenvalue weighted by Crippen LogP contribution is -2.58. The van der Waals surface area contributed by atoms with Gasteiger partial charge < -0.3 is 15.5 Å². The molecule has 3 amide bonds. The van der Waals surface area contributed by atoms with Gasteiger partial charge in [0, 0.05) is 36.5 Å². The van der Waals surface area contributed by atoms with E-state index in [4.69, 9.17) is 0 Å².